The summed E-state index contributed by atoms with van der Waals surface area (Å²) < 4.78 is 35.9. The number of nitrogens with one attached hydrogen (secondary N) is 1. The second-order valence-corrected chi connectivity index (χ2v) is 10.1. The molecule has 0 radical (unpaired) electrons. The van der Waals surface area contributed by atoms with Gasteiger partial charge in [0.1, 0.15) is 5.75 Å². The number of morpholine rings is 1. The van der Waals surface area contributed by atoms with Crippen LogP contribution in [-0.4, -0.2) is 64.9 Å². The van der Waals surface area contributed by atoms with Crippen LogP contribution in [-0.2, 0) is 32.6 Å². The van der Waals surface area contributed by atoms with Gasteiger partial charge in [0.2, 0.25) is 10.0 Å². The standard InChI is InChI=1S/C24H33N3O5S/c1-4-23(32-22-11-9-21(10-12-22)26(2)33(3,29)30)24(28)25-17-19-7-5-6-8-20(19)18-27-13-15-31-16-14-27/h5-12,23H,4,13-18H2,1-3H3,(H,25,28)/t23-/m0/s1. The molecule has 1 amide bonds. The van der Waals surface area contributed by atoms with E-state index < -0.39 is 16.1 Å². The lowest BCUT2D eigenvalue weighted by molar-refractivity contribution is -0.128. The number of hydrogen-bond donors (Lipinski definition) is 1. The molecule has 1 atom stereocenters. The van der Waals surface area contributed by atoms with E-state index in [9.17, 15) is 13.2 Å². The Bertz CT molecular complexity index is 1020. The Balaban J connectivity index is 1.58. The van der Waals surface area contributed by atoms with Crippen molar-refractivity contribution >= 4 is 21.6 Å². The summed E-state index contributed by atoms with van der Waals surface area (Å²) in [6, 6.07) is 14.8. The Morgan fingerprint density at radius 3 is 2.36 bits per heavy atom. The van der Waals surface area contributed by atoms with Gasteiger partial charge in [-0.15, -0.1) is 0 Å². The number of sulfonamides is 1. The van der Waals surface area contributed by atoms with Crippen molar-refractivity contribution in [2.24, 2.45) is 0 Å². The van der Waals surface area contributed by atoms with Crippen molar-refractivity contribution in [3.8, 4) is 5.75 Å². The molecule has 9 heteroatoms. The fourth-order valence-corrected chi connectivity index (χ4v) is 4.10. The van der Waals surface area contributed by atoms with E-state index in [1.165, 1.54) is 16.9 Å². The Hall–Kier alpha value is -2.62. The average molecular weight is 476 g/mol. The van der Waals surface area contributed by atoms with Crippen molar-refractivity contribution in [3.05, 3.63) is 59.7 Å². The van der Waals surface area contributed by atoms with E-state index in [0.29, 0.717) is 24.4 Å². The van der Waals surface area contributed by atoms with Crippen molar-refractivity contribution < 1.29 is 22.7 Å². The van der Waals surface area contributed by atoms with Gasteiger partial charge in [0.05, 0.1) is 25.2 Å². The number of carbonyl (C=O) groups is 1. The SMILES string of the molecule is CC[C@H](Oc1ccc(N(C)S(C)(=O)=O)cc1)C(=O)NCc1ccccc1CN1CCOCC1. The zero-order valence-corrected chi connectivity index (χ0v) is 20.3. The van der Waals surface area contributed by atoms with Crippen LogP contribution in [0, 0.1) is 0 Å². The molecule has 1 heterocycles. The first-order chi connectivity index (χ1) is 15.8. The summed E-state index contributed by atoms with van der Waals surface area (Å²) in [6.45, 7) is 6.47. The molecule has 8 nitrogen and oxygen atoms in total. The zero-order valence-electron chi connectivity index (χ0n) is 19.5. The molecule has 1 aliphatic rings. The van der Waals surface area contributed by atoms with Crippen LogP contribution in [0.5, 0.6) is 5.75 Å². The molecule has 0 aromatic heterocycles. The summed E-state index contributed by atoms with van der Waals surface area (Å²) in [6.07, 6.45) is 1.01. The maximum Gasteiger partial charge on any atom is 0.261 e. The van der Waals surface area contributed by atoms with E-state index in [-0.39, 0.29) is 5.91 Å². The van der Waals surface area contributed by atoms with Crippen molar-refractivity contribution in [2.75, 3.05) is 43.9 Å². The summed E-state index contributed by atoms with van der Waals surface area (Å²) in [5.41, 5.74) is 2.80. The van der Waals surface area contributed by atoms with Crippen LogP contribution in [0.15, 0.2) is 48.5 Å². The van der Waals surface area contributed by atoms with E-state index in [1.54, 1.807) is 24.3 Å². The molecule has 180 valence electrons. The van der Waals surface area contributed by atoms with Gasteiger partial charge in [-0.25, -0.2) is 8.42 Å². The highest BCUT2D eigenvalue weighted by Gasteiger charge is 2.20. The minimum Gasteiger partial charge on any atom is -0.481 e. The summed E-state index contributed by atoms with van der Waals surface area (Å²) >= 11 is 0. The van der Waals surface area contributed by atoms with Gasteiger partial charge in [0.15, 0.2) is 6.10 Å². The van der Waals surface area contributed by atoms with E-state index in [4.69, 9.17) is 9.47 Å². The number of nitrogens with zero attached hydrogens (tertiary/aromatic N) is 2. The Morgan fingerprint density at radius 1 is 1.12 bits per heavy atom. The van der Waals surface area contributed by atoms with Crippen LogP contribution in [0.1, 0.15) is 24.5 Å². The topological polar surface area (TPSA) is 88.2 Å². The third-order valence-corrected chi connectivity index (χ3v) is 6.91. The lowest BCUT2D eigenvalue weighted by Gasteiger charge is -2.27. The van der Waals surface area contributed by atoms with E-state index in [2.05, 4.69) is 16.3 Å². The number of amides is 1. The summed E-state index contributed by atoms with van der Waals surface area (Å²) in [4.78, 5) is 15.2. The molecule has 0 unspecified atom stereocenters. The fraction of sp³-hybridized carbons (Fsp3) is 0.458. The Morgan fingerprint density at radius 2 is 1.76 bits per heavy atom. The van der Waals surface area contributed by atoms with Gasteiger partial charge in [0, 0.05) is 33.2 Å². The van der Waals surface area contributed by atoms with Crippen LogP contribution in [0.2, 0.25) is 0 Å². The molecule has 0 spiro atoms. The molecule has 1 saturated heterocycles. The van der Waals surface area contributed by atoms with Crippen molar-refractivity contribution in [2.45, 2.75) is 32.5 Å². The first-order valence-corrected chi connectivity index (χ1v) is 13.0. The van der Waals surface area contributed by atoms with Crippen LogP contribution in [0.25, 0.3) is 0 Å². The normalized spacial score (nSPS) is 15.6. The molecule has 1 fully saturated rings. The lowest BCUT2D eigenvalue weighted by Crippen LogP contribution is -2.38. The molecule has 1 N–H and O–H groups in total. The fourth-order valence-electron chi connectivity index (χ4n) is 3.59. The smallest absolute Gasteiger partial charge is 0.261 e. The summed E-state index contributed by atoms with van der Waals surface area (Å²) in [5, 5.41) is 3.00. The molecular formula is C24H33N3O5S. The molecule has 0 bridgehead atoms. The molecule has 2 aromatic rings. The van der Waals surface area contributed by atoms with Gasteiger partial charge >= 0.3 is 0 Å². The van der Waals surface area contributed by atoms with Gasteiger partial charge in [-0.2, -0.15) is 0 Å². The Kier molecular flexibility index (Phi) is 8.71. The van der Waals surface area contributed by atoms with Crippen LogP contribution >= 0.6 is 0 Å². The maximum atomic E-state index is 12.8. The van der Waals surface area contributed by atoms with Crippen LogP contribution in [0.3, 0.4) is 0 Å². The van der Waals surface area contributed by atoms with Gasteiger partial charge in [-0.05, 0) is 41.8 Å². The number of hydrogen-bond acceptors (Lipinski definition) is 6. The van der Waals surface area contributed by atoms with E-state index >= 15 is 0 Å². The summed E-state index contributed by atoms with van der Waals surface area (Å²) in [7, 11) is -1.85. The molecule has 0 aliphatic carbocycles. The second kappa shape index (κ2) is 11.5. The molecule has 1 aliphatic heterocycles. The number of benzene rings is 2. The molecule has 0 saturated carbocycles. The van der Waals surface area contributed by atoms with Crippen LogP contribution < -0.4 is 14.4 Å². The first-order valence-electron chi connectivity index (χ1n) is 11.1. The average Bonchev–Trinajstić information content (AvgIpc) is 2.82. The van der Waals surface area contributed by atoms with Gasteiger partial charge < -0.3 is 14.8 Å². The van der Waals surface area contributed by atoms with Gasteiger partial charge in [-0.1, -0.05) is 31.2 Å². The Labute approximate surface area is 196 Å². The van der Waals surface area contributed by atoms with Crippen molar-refractivity contribution in [3.63, 3.8) is 0 Å². The highest BCUT2D eigenvalue weighted by molar-refractivity contribution is 7.92. The number of ether oxygens (including phenoxy) is 2. The number of anilines is 1. The number of rotatable bonds is 10. The predicted octanol–water partition coefficient (Wildman–Crippen LogP) is 2.39. The minimum atomic E-state index is -3.34. The number of carbonyl (C=O) groups excluding carboxylic acids is 1. The van der Waals surface area contributed by atoms with E-state index in [1.807, 2.05) is 25.1 Å². The monoisotopic (exact) mass is 475 g/mol. The lowest BCUT2D eigenvalue weighted by atomic mass is 10.1. The molecule has 2 aromatic carbocycles. The molecular weight excluding hydrogens is 442 g/mol. The van der Waals surface area contributed by atoms with Crippen molar-refractivity contribution in [1.29, 1.82) is 0 Å². The first kappa shape index (κ1) is 25.0. The van der Waals surface area contributed by atoms with Crippen molar-refractivity contribution in [1.82, 2.24) is 10.2 Å². The molecule has 33 heavy (non-hydrogen) atoms. The zero-order chi connectivity index (χ0) is 23.8. The van der Waals surface area contributed by atoms with Gasteiger partial charge in [0.25, 0.3) is 5.91 Å². The second-order valence-electron chi connectivity index (χ2n) is 8.11. The highest BCUT2D eigenvalue weighted by atomic mass is 32.2. The third-order valence-electron chi connectivity index (χ3n) is 5.71. The minimum absolute atomic E-state index is 0.184. The highest BCUT2D eigenvalue weighted by Crippen LogP contribution is 2.21. The quantitative estimate of drug-likeness (QED) is 0.568. The largest absolute Gasteiger partial charge is 0.481 e. The van der Waals surface area contributed by atoms with Crippen LogP contribution in [0.4, 0.5) is 5.69 Å². The summed E-state index contributed by atoms with van der Waals surface area (Å²) in [5.74, 6) is 0.325. The third kappa shape index (κ3) is 7.18. The maximum absolute atomic E-state index is 12.8. The molecule has 3 rings (SSSR count). The van der Waals surface area contributed by atoms with E-state index in [0.717, 1.165) is 44.7 Å². The predicted molar refractivity (Wildman–Crippen MR) is 129 cm³/mol. The van der Waals surface area contributed by atoms with Gasteiger partial charge in [-0.3, -0.25) is 14.0 Å².